The van der Waals surface area contributed by atoms with Crippen molar-refractivity contribution in [3.8, 4) is 0 Å². The van der Waals surface area contributed by atoms with Crippen LogP contribution >= 0.6 is 0 Å². The van der Waals surface area contributed by atoms with Crippen LogP contribution in [0.15, 0.2) is 18.9 Å². The van der Waals surface area contributed by atoms with Crippen LogP contribution in [0.25, 0.3) is 11.2 Å². The van der Waals surface area contributed by atoms with Crippen molar-refractivity contribution >= 4 is 17.1 Å². The van der Waals surface area contributed by atoms with Gasteiger partial charge in [0, 0.05) is 13.5 Å². The monoisotopic (exact) mass is 263 g/mol. The molecule has 19 heavy (non-hydrogen) atoms. The van der Waals surface area contributed by atoms with Crippen LogP contribution in [0, 0.1) is 0 Å². The summed E-state index contributed by atoms with van der Waals surface area (Å²) in [5.74, 6) is -0.345. The molecule has 1 saturated heterocycles. The Kier molecular flexibility index (Phi) is 2.68. The van der Waals surface area contributed by atoms with Crippen molar-refractivity contribution in [1.29, 1.82) is 0 Å². The van der Waals surface area contributed by atoms with Crippen LogP contribution in [0.4, 0.5) is 0 Å². The van der Waals surface area contributed by atoms with Crippen molar-refractivity contribution in [2.45, 2.75) is 18.2 Å². The molecule has 0 aromatic carbocycles. The summed E-state index contributed by atoms with van der Waals surface area (Å²) in [7, 11) is 1.52. The van der Waals surface area contributed by atoms with E-state index >= 15 is 0 Å². The maximum Gasteiger partial charge on any atom is 0.273 e. The van der Waals surface area contributed by atoms with Crippen LogP contribution in [-0.4, -0.2) is 50.3 Å². The lowest BCUT2D eigenvalue weighted by atomic mass is 10.1. The Labute approximate surface area is 108 Å². The van der Waals surface area contributed by atoms with E-state index in [0.717, 1.165) is 0 Å². The molecule has 0 bridgehead atoms. The van der Waals surface area contributed by atoms with Gasteiger partial charge in [0.1, 0.15) is 11.8 Å². The third-order valence-electron chi connectivity index (χ3n) is 3.21. The summed E-state index contributed by atoms with van der Waals surface area (Å²) in [6, 6.07) is 0. The number of hydrogen-bond donors (Lipinski definition) is 2. The van der Waals surface area contributed by atoms with E-state index < -0.39 is 11.8 Å². The Morgan fingerprint density at radius 2 is 2.47 bits per heavy atom. The third-order valence-corrected chi connectivity index (χ3v) is 3.21. The van der Waals surface area contributed by atoms with E-state index in [1.165, 1.54) is 19.7 Å². The molecule has 2 N–H and O–H groups in total. The van der Waals surface area contributed by atoms with Gasteiger partial charge in [0.25, 0.3) is 5.91 Å². The standard InChI is InChI=1S/C11H13N5O3/c1-12-10(18)11(2-7(17)4-19-11)16-6-15-8-3-13-5-14-9(8)16/h3,5-7,17H,2,4H2,1H3,(H,12,18). The van der Waals surface area contributed by atoms with E-state index in [-0.39, 0.29) is 18.9 Å². The summed E-state index contributed by atoms with van der Waals surface area (Å²) in [4.78, 5) is 24.3. The van der Waals surface area contributed by atoms with E-state index in [1.54, 1.807) is 10.8 Å². The molecule has 0 aliphatic carbocycles. The van der Waals surface area contributed by atoms with Crippen molar-refractivity contribution < 1.29 is 14.6 Å². The Hall–Kier alpha value is -2.06. The van der Waals surface area contributed by atoms with Gasteiger partial charge in [-0.2, -0.15) is 0 Å². The maximum atomic E-state index is 12.2. The smallest absolute Gasteiger partial charge is 0.273 e. The second-order valence-corrected chi connectivity index (χ2v) is 4.38. The minimum absolute atomic E-state index is 0.0954. The van der Waals surface area contributed by atoms with Crippen molar-refractivity contribution in [3.63, 3.8) is 0 Å². The molecule has 1 aliphatic rings. The van der Waals surface area contributed by atoms with Crippen LogP contribution in [-0.2, 0) is 15.3 Å². The zero-order chi connectivity index (χ0) is 13.5. The van der Waals surface area contributed by atoms with Crippen LogP contribution in [0.1, 0.15) is 6.42 Å². The number of aliphatic hydroxyl groups excluding tert-OH is 1. The molecule has 100 valence electrons. The molecular formula is C11H13N5O3. The second-order valence-electron chi connectivity index (χ2n) is 4.38. The largest absolute Gasteiger partial charge is 0.391 e. The highest BCUT2D eigenvalue weighted by atomic mass is 16.5. The van der Waals surface area contributed by atoms with Crippen LogP contribution in [0.5, 0.6) is 0 Å². The first-order chi connectivity index (χ1) is 9.17. The lowest BCUT2D eigenvalue weighted by molar-refractivity contribution is -0.152. The lowest BCUT2D eigenvalue weighted by Crippen LogP contribution is -2.47. The highest BCUT2D eigenvalue weighted by molar-refractivity contribution is 5.85. The van der Waals surface area contributed by atoms with E-state index in [2.05, 4.69) is 20.3 Å². The number of carbonyl (C=O) groups excluding carboxylic acids is 1. The number of amides is 1. The second kappa shape index (κ2) is 4.25. The molecule has 0 saturated carbocycles. The van der Waals surface area contributed by atoms with Crippen LogP contribution in [0.2, 0.25) is 0 Å². The summed E-state index contributed by atoms with van der Waals surface area (Å²) < 4.78 is 7.10. The normalized spacial score (nSPS) is 26.7. The minimum Gasteiger partial charge on any atom is -0.391 e. The summed E-state index contributed by atoms with van der Waals surface area (Å²) in [6.07, 6.45) is 3.87. The Bertz CT molecular complexity index is 628. The number of nitrogens with zero attached hydrogens (tertiary/aromatic N) is 4. The molecule has 8 nitrogen and oxygen atoms in total. The van der Waals surface area contributed by atoms with Gasteiger partial charge in [-0.1, -0.05) is 0 Å². The van der Waals surface area contributed by atoms with Crippen molar-refractivity contribution in [3.05, 3.63) is 18.9 Å². The fourth-order valence-corrected chi connectivity index (χ4v) is 2.33. The molecule has 2 aromatic heterocycles. The number of aliphatic hydroxyl groups is 1. The number of aromatic nitrogens is 4. The SMILES string of the molecule is CNC(=O)C1(n2cnc3cncnc32)CC(O)CO1. The molecule has 1 fully saturated rings. The van der Waals surface area contributed by atoms with E-state index in [0.29, 0.717) is 11.2 Å². The zero-order valence-electron chi connectivity index (χ0n) is 10.3. The van der Waals surface area contributed by atoms with E-state index in [9.17, 15) is 9.90 Å². The van der Waals surface area contributed by atoms with E-state index in [1.807, 2.05) is 0 Å². The quantitative estimate of drug-likeness (QED) is 0.721. The topological polar surface area (TPSA) is 102 Å². The Morgan fingerprint density at radius 1 is 1.63 bits per heavy atom. The lowest BCUT2D eigenvalue weighted by Gasteiger charge is -2.27. The molecule has 1 amide bonds. The third kappa shape index (κ3) is 1.68. The first kappa shape index (κ1) is 12.0. The molecule has 2 aromatic rings. The van der Waals surface area contributed by atoms with Crippen LogP contribution in [0.3, 0.4) is 0 Å². The zero-order valence-corrected chi connectivity index (χ0v) is 10.3. The van der Waals surface area contributed by atoms with Gasteiger partial charge >= 0.3 is 0 Å². The molecule has 3 heterocycles. The maximum absolute atomic E-state index is 12.2. The van der Waals surface area contributed by atoms with Crippen molar-refractivity contribution in [2.75, 3.05) is 13.7 Å². The highest BCUT2D eigenvalue weighted by Gasteiger charge is 2.48. The number of fused-ring (bicyclic) bond motifs is 1. The number of hydrogen-bond acceptors (Lipinski definition) is 6. The fourth-order valence-electron chi connectivity index (χ4n) is 2.33. The molecule has 3 rings (SSSR count). The van der Waals surface area contributed by atoms with Gasteiger partial charge in [0.15, 0.2) is 5.65 Å². The molecule has 0 spiro atoms. The number of rotatable bonds is 2. The summed E-state index contributed by atoms with van der Waals surface area (Å²) in [6.45, 7) is 0.0954. The van der Waals surface area contributed by atoms with Crippen molar-refractivity contribution in [2.24, 2.45) is 0 Å². The predicted octanol–water partition coefficient (Wildman–Crippen LogP) is -0.994. The van der Waals surface area contributed by atoms with Gasteiger partial charge < -0.3 is 15.2 Å². The summed E-state index contributed by atoms with van der Waals surface area (Å²) in [5.41, 5.74) is -0.249. The minimum atomic E-state index is -1.31. The number of nitrogens with one attached hydrogen (secondary N) is 1. The highest BCUT2D eigenvalue weighted by Crippen LogP contribution is 2.33. The first-order valence-corrected chi connectivity index (χ1v) is 5.85. The summed E-state index contributed by atoms with van der Waals surface area (Å²) in [5, 5.41) is 12.3. The van der Waals surface area contributed by atoms with Gasteiger partial charge in [-0.3, -0.25) is 9.36 Å². The van der Waals surface area contributed by atoms with Gasteiger partial charge in [-0.05, 0) is 0 Å². The first-order valence-electron chi connectivity index (χ1n) is 5.85. The van der Waals surface area contributed by atoms with Crippen molar-refractivity contribution in [1.82, 2.24) is 24.8 Å². The molecule has 2 atom stereocenters. The predicted molar refractivity (Wildman–Crippen MR) is 63.9 cm³/mol. The number of likely N-dealkylation sites (N-methyl/N-ethyl adjacent to an activating group) is 1. The van der Waals surface area contributed by atoms with Gasteiger partial charge in [0.2, 0.25) is 5.72 Å². The number of ether oxygens (including phenoxy) is 1. The van der Waals surface area contributed by atoms with Gasteiger partial charge in [0.05, 0.1) is 25.2 Å². The fraction of sp³-hybridized carbons (Fsp3) is 0.455. The van der Waals surface area contributed by atoms with E-state index in [4.69, 9.17) is 4.74 Å². The molecule has 2 unspecified atom stereocenters. The number of carbonyl (C=O) groups is 1. The van der Waals surface area contributed by atoms with Gasteiger partial charge in [-0.15, -0.1) is 0 Å². The molecule has 8 heteroatoms. The summed E-state index contributed by atoms with van der Waals surface area (Å²) >= 11 is 0. The average molecular weight is 263 g/mol. The molecule has 0 radical (unpaired) electrons. The average Bonchev–Trinajstić information content (AvgIpc) is 3.02. The van der Waals surface area contributed by atoms with Gasteiger partial charge in [-0.25, -0.2) is 15.0 Å². The Balaban J connectivity index is 2.17. The Morgan fingerprint density at radius 3 is 3.16 bits per heavy atom. The number of imidazole rings is 1. The molecular weight excluding hydrogens is 250 g/mol. The van der Waals surface area contributed by atoms with Crippen LogP contribution < -0.4 is 5.32 Å². The molecule has 1 aliphatic heterocycles.